The summed E-state index contributed by atoms with van der Waals surface area (Å²) >= 11 is 3.05. The maximum atomic E-state index is 13.1. The van der Waals surface area contributed by atoms with E-state index < -0.39 is 11.7 Å². The van der Waals surface area contributed by atoms with Gasteiger partial charge in [-0.3, -0.25) is 15.0 Å². The predicted molar refractivity (Wildman–Crippen MR) is 91.9 cm³/mol. The minimum absolute atomic E-state index is 0.0508. The molecule has 0 aliphatic heterocycles. The molecule has 134 valence electrons. The summed E-state index contributed by atoms with van der Waals surface area (Å²) in [6.45, 7) is 0. The van der Waals surface area contributed by atoms with Gasteiger partial charge in [-0.2, -0.15) is 5.48 Å². The Hall–Kier alpha value is -3.28. The van der Waals surface area contributed by atoms with E-state index in [9.17, 15) is 9.18 Å². The first-order valence-corrected chi connectivity index (χ1v) is 7.85. The third kappa shape index (κ3) is 4.03. The highest BCUT2D eigenvalue weighted by Crippen LogP contribution is 2.20. The summed E-state index contributed by atoms with van der Waals surface area (Å²) < 4.78 is 19.5. The number of hydrogen-bond acceptors (Lipinski definition) is 8. The topological polar surface area (TPSA) is 119 Å². The number of imidazole rings is 1. The van der Waals surface area contributed by atoms with Crippen molar-refractivity contribution in [1.29, 1.82) is 0 Å². The van der Waals surface area contributed by atoms with Gasteiger partial charge in [-0.25, -0.2) is 14.0 Å². The minimum atomic E-state index is -0.488. The number of aromatic nitrogens is 4. The molecule has 3 rings (SSSR count). The highest BCUT2D eigenvalue weighted by molar-refractivity contribution is 9.10. The average Bonchev–Trinajstić information content (AvgIpc) is 3.23. The standard InChI is InChI=1S/C14H11BrFN7O3/c1-23-5-4-17-13(23)14(24)19-12-11(21-26-22-12)7-18-25-20-8-2-3-10(16)9(15)6-8/h2-7,20H,1H3,(H,19,22,24)/b18-7+. The van der Waals surface area contributed by atoms with E-state index in [1.165, 1.54) is 30.6 Å². The van der Waals surface area contributed by atoms with Crippen molar-refractivity contribution in [3.63, 3.8) is 0 Å². The smallest absolute Gasteiger partial charge is 0.292 e. The van der Waals surface area contributed by atoms with Crippen molar-refractivity contribution < 1.29 is 18.8 Å². The monoisotopic (exact) mass is 423 g/mol. The molecule has 0 aliphatic carbocycles. The molecule has 26 heavy (non-hydrogen) atoms. The lowest BCUT2D eigenvalue weighted by Gasteiger charge is -2.03. The zero-order chi connectivity index (χ0) is 18.5. The lowest BCUT2D eigenvalue weighted by molar-refractivity contribution is 0.101. The van der Waals surface area contributed by atoms with Crippen LogP contribution in [0.15, 0.2) is 44.9 Å². The van der Waals surface area contributed by atoms with Crippen LogP contribution in [0.25, 0.3) is 0 Å². The lowest BCUT2D eigenvalue weighted by Crippen LogP contribution is -2.17. The molecule has 12 heteroatoms. The first-order valence-electron chi connectivity index (χ1n) is 7.06. The second-order valence-electron chi connectivity index (χ2n) is 4.87. The van der Waals surface area contributed by atoms with Gasteiger partial charge in [0, 0.05) is 19.4 Å². The fraction of sp³-hybridized carbons (Fsp3) is 0.0714. The number of oxime groups is 1. The molecular weight excluding hydrogens is 413 g/mol. The van der Waals surface area contributed by atoms with Crippen LogP contribution in [-0.4, -0.2) is 32.0 Å². The molecule has 2 heterocycles. The molecule has 1 amide bonds. The van der Waals surface area contributed by atoms with Crippen LogP contribution in [0.2, 0.25) is 0 Å². The molecule has 0 unspecified atom stereocenters. The number of carbonyl (C=O) groups is 1. The molecule has 2 N–H and O–H groups in total. The SMILES string of the molecule is Cn1ccnc1C(=O)Nc1nonc1/C=N/ONc1ccc(F)c(Br)c1. The van der Waals surface area contributed by atoms with Crippen LogP contribution in [0.1, 0.15) is 16.3 Å². The second-order valence-corrected chi connectivity index (χ2v) is 5.73. The third-order valence-corrected chi connectivity index (χ3v) is 3.69. The van der Waals surface area contributed by atoms with Gasteiger partial charge in [-0.05, 0) is 44.4 Å². The Morgan fingerprint density at radius 1 is 1.46 bits per heavy atom. The number of hydrogen-bond donors (Lipinski definition) is 2. The molecular formula is C14H11BrFN7O3. The van der Waals surface area contributed by atoms with Crippen LogP contribution in [0, 0.1) is 5.82 Å². The number of anilines is 2. The van der Waals surface area contributed by atoms with Crippen LogP contribution in [0.5, 0.6) is 0 Å². The van der Waals surface area contributed by atoms with E-state index >= 15 is 0 Å². The van der Waals surface area contributed by atoms with Crippen molar-refractivity contribution in [2.75, 3.05) is 10.8 Å². The third-order valence-electron chi connectivity index (χ3n) is 3.08. The van der Waals surface area contributed by atoms with Crippen molar-refractivity contribution in [2.45, 2.75) is 0 Å². The maximum absolute atomic E-state index is 13.1. The van der Waals surface area contributed by atoms with Crippen LogP contribution in [0.3, 0.4) is 0 Å². The number of carbonyl (C=O) groups excluding carboxylic acids is 1. The Kier molecular flexibility index (Phi) is 5.22. The molecule has 0 saturated heterocycles. The first kappa shape index (κ1) is 17.5. The number of benzene rings is 1. The Morgan fingerprint density at radius 3 is 3.04 bits per heavy atom. The van der Waals surface area contributed by atoms with Crippen LogP contribution in [0.4, 0.5) is 15.9 Å². The van der Waals surface area contributed by atoms with E-state index in [1.807, 2.05) is 0 Å². The summed E-state index contributed by atoms with van der Waals surface area (Å²) in [4.78, 5) is 20.9. The fourth-order valence-corrected chi connectivity index (χ4v) is 2.21. The first-order chi connectivity index (χ1) is 12.5. The van der Waals surface area contributed by atoms with E-state index in [0.717, 1.165) is 0 Å². The summed E-state index contributed by atoms with van der Waals surface area (Å²) in [6, 6.07) is 4.19. The summed E-state index contributed by atoms with van der Waals surface area (Å²) in [5.74, 6) is -0.649. The molecule has 2 aromatic heterocycles. The molecule has 10 nitrogen and oxygen atoms in total. The highest BCUT2D eigenvalue weighted by atomic mass is 79.9. The van der Waals surface area contributed by atoms with Crippen LogP contribution < -0.4 is 10.8 Å². The fourth-order valence-electron chi connectivity index (χ4n) is 1.83. The molecule has 0 spiro atoms. The minimum Gasteiger partial charge on any atom is -0.330 e. The van der Waals surface area contributed by atoms with E-state index in [2.05, 4.69) is 51.8 Å². The van der Waals surface area contributed by atoms with Gasteiger partial charge in [-0.15, -0.1) is 0 Å². The van der Waals surface area contributed by atoms with Crippen molar-refractivity contribution >= 4 is 39.6 Å². The molecule has 0 aliphatic rings. The predicted octanol–water partition coefficient (Wildman–Crippen LogP) is 2.33. The molecule has 0 radical (unpaired) electrons. The number of rotatable bonds is 6. The van der Waals surface area contributed by atoms with Gasteiger partial charge in [0.15, 0.2) is 11.5 Å². The molecule has 1 aromatic carbocycles. The van der Waals surface area contributed by atoms with Crippen molar-refractivity contribution in [1.82, 2.24) is 19.9 Å². The van der Waals surface area contributed by atoms with Gasteiger partial charge < -0.3 is 4.57 Å². The van der Waals surface area contributed by atoms with Gasteiger partial charge in [0.05, 0.1) is 10.2 Å². The zero-order valence-corrected chi connectivity index (χ0v) is 14.8. The van der Waals surface area contributed by atoms with Crippen molar-refractivity contribution in [2.24, 2.45) is 12.2 Å². The maximum Gasteiger partial charge on any atom is 0.292 e. The zero-order valence-electron chi connectivity index (χ0n) is 13.2. The number of amides is 1. The molecule has 0 atom stereocenters. The van der Waals surface area contributed by atoms with Crippen molar-refractivity contribution in [3.05, 3.63) is 52.4 Å². The number of nitrogens with one attached hydrogen (secondary N) is 2. The van der Waals surface area contributed by atoms with Crippen LogP contribution in [-0.2, 0) is 12.0 Å². The van der Waals surface area contributed by atoms with Gasteiger partial charge in [-0.1, -0.05) is 5.16 Å². The Morgan fingerprint density at radius 2 is 2.31 bits per heavy atom. The van der Waals surface area contributed by atoms with Crippen molar-refractivity contribution in [3.8, 4) is 0 Å². The number of halogens is 2. The Bertz CT molecular complexity index is 956. The van der Waals surface area contributed by atoms with Gasteiger partial charge in [0.1, 0.15) is 12.0 Å². The average molecular weight is 424 g/mol. The van der Waals surface area contributed by atoms with Gasteiger partial charge in [0.25, 0.3) is 5.91 Å². The van der Waals surface area contributed by atoms with Crippen LogP contribution >= 0.6 is 15.9 Å². The molecule has 3 aromatic rings. The lowest BCUT2D eigenvalue weighted by atomic mass is 10.3. The van der Waals surface area contributed by atoms with E-state index in [0.29, 0.717) is 5.69 Å². The highest BCUT2D eigenvalue weighted by Gasteiger charge is 2.16. The largest absolute Gasteiger partial charge is 0.330 e. The number of nitrogens with zero attached hydrogens (tertiary/aromatic N) is 5. The normalized spacial score (nSPS) is 10.9. The Balaban J connectivity index is 1.59. The summed E-state index contributed by atoms with van der Waals surface area (Å²) in [5.41, 5.74) is 3.09. The quantitative estimate of drug-likeness (QED) is 0.461. The summed E-state index contributed by atoms with van der Waals surface area (Å²) in [6.07, 6.45) is 4.30. The van der Waals surface area contributed by atoms with E-state index in [1.54, 1.807) is 17.8 Å². The Labute approximate surface area is 154 Å². The molecule has 0 fully saturated rings. The van der Waals surface area contributed by atoms with E-state index in [4.69, 9.17) is 4.94 Å². The summed E-state index contributed by atoms with van der Waals surface area (Å²) in [5, 5.41) is 13.3. The molecule has 0 bridgehead atoms. The second kappa shape index (κ2) is 7.74. The molecule has 0 saturated carbocycles. The van der Waals surface area contributed by atoms with Gasteiger partial charge >= 0.3 is 0 Å². The summed E-state index contributed by atoms with van der Waals surface area (Å²) in [7, 11) is 1.68. The number of aryl methyl sites for hydroxylation is 1. The van der Waals surface area contributed by atoms with E-state index in [-0.39, 0.29) is 21.8 Å². The van der Waals surface area contributed by atoms with Gasteiger partial charge in [0.2, 0.25) is 5.82 Å².